The van der Waals surface area contributed by atoms with Crippen molar-refractivity contribution in [3.05, 3.63) is 53.1 Å². The summed E-state index contributed by atoms with van der Waals surface area (Å²) in [7, 11) is 0. The number of aromatic amines is 1. The summed E-state index contributed by atoms with van der Waals surface area (Å²) in [5.74, 6) is -1.06. The highest BCUT2D eigenvalue weighted by Gasteiger charge is 2.22. The largest absolute Gasteiger partial charge is 0.347 e. The molecule has 18 heavy (non-hydrogen) atoms. The van der Waals surface area contributed by atoms with Crippen molar-refractivity contribution in [1.82, 2.24) is 15.3 Å². The summed E-state index contributed by atoms with van der Waals surface area (Å²) in [6, 6.07) is 2.69. The minimum atomic E-state index is -0.822. The zero-order valence-corrected chi connectivity index (χ0v) is 10.3. The molecule has 96 valence electrons. The van der Waals surface area contributed by atoms with Crippen LogP contribution in [0.4, 0.5) is 8.78 Å². The summed E-state index contributed by atoms with van der Waals surface area (Å²) in [5, 5.41) is 3.09. The van der Waals surface area contributed by atoms with Gasteiger partial charge in [-0.15, -0.1) is 0 Å². The fourth-order valence-electron chi connectivity index (χ4n) is 1.88. The van der Waals surface area contributed by atoms with Crippen molar-refractivity contribution in [2.24, 2.45) is 0 Å². The Bertz CT molecular complexity index is 523. The second-order valence-electron chi connectivity index (χ2n) is 4.06. The number of hydrogen-bond acceptors (Lipinski definition) is 2. The fourth-order valence-corrected chi connectivity index (χ4v) is 1.88. The van der Waals surface area contributed by atoms with Crippen LogP contribution in [0, 0.1) is 18.6 Å². The fraction of sp³-hybridized carbons (Fsp3) is 0.308. The third-order valence-electron chi connectivity index (χ3n) is 2.82. The molecule has 2 aromatic rings. The maximum absolute atomic E-state index is 14.0. The molecule has 1 aromatic carbocycles. The molecule has 0 bridgehead atoms. The van der Waals surface area contributed by atoms with Crippen LogP contribution in [0.25, 0.3) is 0 Å². The zero-order valence-electron chi connectivity index (χ0n) is 10.3. The smallest absolute Gasteiger partial charge is 0.164 e. The Morgan fingerprint density at radius 2 is 2.11 bits per heavy atom. The van der Waals surface area contributed by atoms with Crippen molar-refractivity contribution in [2.75, 3.05) is 6.54 Å². The van der Waals surface area contributed by atoms with E-state index in [1.807, 2.05) is 6.92 Å². The van der Waals surface area contributed by atoms with Gasteiger partial charge in [-0.2, -0.15) is 0 Å². The molecule has 0 aliphatic rings. The second-order valence-corrected chi connectivity index (χ2v) is 4.06. The van der Waals surface area contributed by atoms with Crippen molar-refractivity contribution < 1.29 is 8.78 Å². The van der Waals surface area contributed by atoms with E-state index >= 15 is 0 Å². The van der Waals surface area contributed by atoms with Crippen LogP contribution in [-0.4, -0.2) is 16.5 Å². The second kappa shape index (κ2) is 5.27. The number of nitrogens with one attached hydrogen (secondary N) is 2. The van der Waals surface area contributed by atoms with E-state index in [9.17, 15) is 8.78 Å². The molecule has 0 saturated heterocycles. The molecule has 2 rings (SSSR count). The average molecular weight is 251 g/mol. The van der Waals surface area contributed by atoms with Gasteiger partial charge in [0, 0.05) is 18.0 Å². The lowest BCUT2D eigenvalue weighted by atomic mass is 10.0. The van der Waals surface area contributed by atoms with Gasteiger partial charge < -0.3 is 10.3 Å². The highest BCUT2D eigenvalue weighted by molar-refractivity contribution is 5.31. The number of halogens is 2. The molecule has 0 spiro atoms. The van der Waals surface area contributed by atoms with Crippen LogP contribution in [0.3, 0.4) is 0 Å². The maximum Gasteiger partial charge on any atom is 0.164 e. The minimum Gasteiger partial charge on any atom is -0.347 e. The van der Waals surface area contributed by atoms with Crippen molar-refractivity contribution in [3.8, 4) is 0 Å². The van der Waals surface area contributed by atoms with E-state index in [1.54, 1.807) is 24.5 Å². The monoisotopic (exact) mass is 251 g/mol. The molecule has 1 heterocycles. The number of imidazole rings is 1. The summed E-state index contributed by atoms with van der Waals surface area (Å²) < 4.78 is 27.6. The van der Waals surface area contributed by atoms with Crippen molar-refractivity contribution in [1.29, 1.82) is 0 Å². The molecule has 0 fully saturated rings. The topological polar surface area (TPSA) is 40.7 Å². The molecule has 0 aliphatic carbocycles. The molecule has 1 aromatic heterocycles. The Kier molecular flexibility index (Phi) is 3.72. The van der Waals surface area contributed by atoms with Crippen LogP contribution in [0.2, 0.25) is 0 Å². The molecule has 0 aliphatic heterocycles. The van der Waals surface area contributed by atoms with Crippen LogP contribution in [0.5, 0.6) is 0 Å². The van der Waals surface area contributed by atoms with Crippen LogP contribution in [-0.2, 0) is 0 Å². The molecule has 5 heteroatoms. The maximum atomic E-state index is 14.0. The Morgan fingerprint density at radius 1 is 1.33 bits per heavy atom. The van der Waals surface area contributed by atoms with E-state index in [2.05, 4.69) is 15.3 Å². The predicted molar refractivity (Wildman–Crippen MR) is 65.2 cm³/mol. The average Bonchev–Trinajstić information content (AvgIpc) is 2.88. The Labute approximate surface area is 104 Å². The van der Waals surface area contributed by atoms with E-state index in [-0.39, 0.29) is 5.56 Å². The lowest BCUT2D eigenvalue weighted by Gasteiger charge is -2.17. The summed E-state index contributed by atoms with van der Waals surface area (Å²) in [6.45, 7) is 4.07. The molecule has 0 radical (unpaired) electrons. The zero-order chi connectivity index (χ0) is 13.1. The first-order valence-corrected chi connectivity index (χ1v) is 5.82. The Morgan fingerprint density at radius 3 is 2.72 bits per heavy atom. The van der Waals surface area contributed by atoms with Gasteiger partial charge in [-0.3, -0.25) is 0 Å². The molecule has 0 amide bonds. The van der Waals surface area contributed by atoms with E-state index in [1.165, 1.54) is 6.92 Å². The van der Waals surface area contributed by atoms with Gasteiger partial charge in [-0.1, -0.05) is 19.1 Å². The normalized spacial score (nSPS) is 12.7. The summed E-state index contributed by atoms with van der Waals surface area (Å²) >= 11 is 0. The number of H-pyrrole nitrogens is 1. The quantitative estimate of drug-likeness (QED) is 0.877. The van der Waals surface area contributed by atoms with Gasteiger partial charge in [-0.05, 0) is 19.0 Å². The van der Waals surface area contributed by atoms with Gasteiger partial charge in [0.05, 0.1) is 6.04 Å². The van der Waals surface area contributed by atoms with Gasteiger partial charge in [0.25, 0.3) is 0 Å². The van der Waals surface area contributed by atoms with Crippen LogP contribution >= 0.6 is 0 Å². The number of benzene rings is 1. The highest BCUT2D eigenvalue weighted by Crippen LogP contribution is 2.25. The molecule has 1 atom stereocenters. The van der Waals surface area contributed by atoms with Crippen molar-refractivity contribution >= 4 is 0 Å². The van der Waals surface area contributed by atoms with Gasteiger partial charge in [-0.25, -0.2) is 13.8 Å². The molecular weight excluding hydrogens is 236 g/mol. The third kappa shape index (κ3) is 2.26. The first-order chi connectivity index (χ1) is 8.65. The van der Waals surface area contributed by atoms with Crippen LogP contribution < -0.4 is 5.32 Å². The molecular formula is C13H15F2N3. The molecule has 2 N–H and O–H groups in total. The number of hydrogen-bond donors (Lipinski definition) is 2. The van der Waals surface area contributed by atoms with Gasteiger partial charge in [0.1, 0.15) is 5.82 Å². The van der Waals surface area contributed by atoms with E-state index in [0.29, 0.717) is 17.9 Å². The van der Waals surface area contributed by atoms with Gasteiger partial charge in [0.15, 0.2) is 11.6 Å². The van der Waals surface area contributed by atoms with Gasteiger partial charge >= 0.3 is 0 Å². The minimum absolute atomic E-state index is 0.259. The lowest BCUT2D eigenvalue weighted by molar-refractivity contribution is 0.475. The van der Waals surface area contributed by atoms with Gasteiger partial charge in [0.2, 0.25) is 0 Å². The molecule has 3 nitrogen and oxygen atoms in total. The third-order valence-corrected chi connectivity index (χ3v) is 2.82. The first-order valence-electron chi connectivity index (χ1n) is 5.82. The Hall–Kier alpha value is -1.75. The molecule has 0 saturated carbocycles. The SMILES string of the molecule is CCNC(c1ncc[nH]1)c1ccc(C)c(F)c1F. The van der Waals surface area contributed by atoms with E-state index in [4.69, 9.17) is 0 Å². The molecule has 1 unspecified atom stereocenters. The van der Waals surface area contributed by atoms with E-state index < -0.39 is 17.7 Å². The van der Waals surface area contributed by atoms with Crippen molar-refractivity contribution in [2.45, 2.75) is 19.9 Å². The standard InChI is InChI=1S/C13H15F2N3/c1-3-16-12(13-17-6-7-18-13)9-5-4-8(2)10(14)11(9)15/h4-7,12,16H,3H2,1-2H3,(H,17,18). The number of aryl methyl sites for hydroxylation is 1. The lowest BCUT2D eigenvalue weighted by Crippen LogP contribution is -2.24. The van der Waals surface area contributed by atoms with E-state index in [0.717, 1.165) is 0 Å². The number of nitrogens with zero attached hydrogens (tertiary/aromatic N) is 1. The summed E-state index contributed by atoms with van der Waals surface area (Å²) in [4.78, 5) is 7.02. The number of rotatable bonds is 4. The first kappa shape index (κ1) is 12.7. The predicted octanol–water partition coefficient (Wildman–Crippen LogP) is 2.70. The highest BCUT2D eigenvalue weighted by atomic mass is 19.2. The van der Waals surface area contributed by atoms with Crippen LogP contribution in [0.1, 0.15) is 29.9 Å². The Balaban J connectivity index is 2.47. The van der Waals surface area contributed by atoms with Crippen molar-refractivity contribution in [3.63, 3.8) is 0 Å². The summed E-state index contributed by atoms with van der Waals surface area (Å²) in [6.07, 6.45) is 3.24. The van der Waals surface area contributed by atoms with Crippen LogP contribution in [0.15, 0.2) is 24.5 Å². The number of aromatic nitrogens is 2. The summed E-state index contributed by atoms with van der Waals surface area (Å²) in [5.41, 5.74) is 0.556.